The highest BCUT2D eigenvalue weighted by Gasteiger charge is 2.11. The summed E-state index contributed by atoms with van der Waals surface area (Å²) in [4.78, 5) is 34.6. The van der Waals surface area contributed by atoms with Gasteiger partial charge in [0.2, 0.25) is 5.91 Å². The number of carboxylic acids is 1. The smallest absolute Gasteiger partial charge is 0.325 e. The Morgan fingerprint density at radius 1 is 1.15 bits per heavy atom. The SMILES string of the molecule is CCCOc1ccc(C(=O)CCC(=O)Nc2ccn(CC(=O)O)n2)cc1. The molecule has 0 spiro atoms. The molecular formula is C18H21N3O5. The van der Waals surface area contributed by atoms with Gasteiger partial charge in [0.1, 0.15) is 12.3 Å². The number of ketones is 1. The van der Waals surface area contributed by atoms with E-state index in [0.717, 1.165) is 6.42 Å². The van der Waals surface area contributed by atoms with E-state index >= 15 is 0 Å². The Morgan fingerprint density at radius 2 is 1.88 bits per heavy atom. The number of carbonyl (C=O) groups is 3. The van der Waals surface area contributed by atoms with Gasteiger partial charge in [-0.1, -0.05) is 6.92 Å². The van der Waals surface area contributed by atoms with Gasteiger partial charge in [-0.2, -0.15) is 5.10 Å². The fraction of sp³-hybridized carbons (Fsp3) is 0.333. The number of amides is 1. The van der Waals surface area contributed by atoms with Crippen molar-refractivity contribution in [3.8, 4) is 5.75 Å². The van der Waals surface area contributed by atoms with Gasteiger partial charge in [-0.3, -0.25) is 19.1 Å². The normalized spacial score (nSPS) is 10.3. The van der Waals surface area contributed by atoms with Gasteiger partial charge in [0.15, 0.2) is 11.6 Å². The van der Waals surface area contributed by atoms with Gasteiger partial charge in [-0.05, 0) is 30.7 Å². The second-order valence-electron chi connectivity index (χ2n) is 5.64. The summed E-state index contributed by atoms with van der Waals surface area (Å²) in [6.45, 7) is 2.35. The van der Waals surface area contributed by atoms with Crippen LogP contribution in [0.3, 0.4) is 0 Å². The third-order valence-electron chi connectivity index (χ3n) is 3.43. The number of anilines is 1. The third kappa shape index (κ3) is 6.04. The van der Waals surface area contributed by atoms with Crippen LogP contribution in [0.4, 0.5) is 5.82 Å². The summed E-state index contributed by atoms with van der Waals surface area (Å²) in [5.74, 6) is -0.567. The number of Topliss-reactive ketones (excluding diaryl/α,β-unsaturated/α-hetero) is 1. The quantitative estimate of drug-likeness (QED) is 0.630. The van der Waals surface area contributed by atoms with E-state index in [-0.39, 0.29) is 36.9 Å². The maximum Gasteiger partial charge on any atom is 0.325 e. The molecule has 0 fully saturated rings. The van der Waals surface area contributed by atoms with Gasteiger partial charge in [0.25, 0.3) is 0 Å². The monoisotopic (exact) mass is 359 g/mol. The van der Waals surface area contributed by atoms with Crippen LogP contribution in [0.2, 0.25) is 0 Å². The number of aliphatic carboxylic acids is 1. The van der Waals surface area contributed by atoms with E-state index in [4.69, 9.17) is 9.84 Å². The van der Waals surface area contributed by atoms with Crippen molar-refractivity contribution >= 4 is 23.5 Å². The average molecular weight is 359 g/mol. The van der Waals surface area contributed by atoms with Crippen molar-refractivity contribution in [1.82, 2.24) is 9.78 Å². The van der Waals surface area contributed by atoms with Crippen molar-refractivity contribution in [2.75, 3.05) is 11.9 Å². The molecule has 138 valence electrons. The molecule has 0 atom stereocenters. The molecule has 0 saturated heterocycles. The zero-order valence-corrected chi connectivity index (χ0v) is 14.5. The highest BCUT2D eigenvalue weighted by Crippen LogP contribution is 2.14. The first kappa shape index (κ1) is 19.2. The van der Waals surface area contributed by atoms with Crippen LogP contribution in [0.1, 0.15) is 36.5 Å². The van der Waals surface area contributed by atoms with E-state index in [1.165, 1.54) is 16.9 Å². The second-order valence-corrected chi connectivity index (χ2v) is 5.64. The molecule has 0 aliphatic carbocycles. The van der Waals surface area contributed by atoms with E-state index in [1.54, 1.807) is 24.3 Å². The lowest BCUT2D eigenvalue weighted by Crippen LogP contribution is -2.15. The summed E-state index contributed by atoms with van der Waals surface area (Å²) in [6.07, 6.45) is 2.44. The molecule has 1 heterocycles. The highest BCUT2D eigenvalue weighted by molar-refractivity contribution is 5.99. The first-order valence-electron chi connectivity index (χ1n) is 8.29. The summed E-state index contributed by atoms with van der Waals surface area (Å²) >= 11 is 0. The second kappa shape index (κ2) is 9.36. The number of benzene rings is 1. The fourth-order valence-electron chi connectivity index (χ4n) is 2.19. The van der Waals surface area contributed by atoms with Crippen LogP contribution in [0.15, 0.2) is 36.5 Å². The van der Waals surface area contributed by atoms with Gasteiger partial charge < -0.3 is 15.2 Å². The Kier molecular flexibility index (Phi) is 6.90. The predicted molar refractivity (Wildman–Crippen MR) is 94.3 cm³/mol. The summed E-state index contributed by atoms with van der Waals surface area (Å²) < 4.78 is 6.66. The van der Waals surface area contributed by atoms with Crippen LogP contribution in [-0.2, 0) is 16.1 Å². The number of aromatic nitrogens is 2. The molecule has 0 aliphatic heterocycles. The zero-order chi connectivity index (χ0) is 18.9. The molecule has 2 rings (SSSR count). The number of carboxylic acid groups (broad SMARTS) is 1. The van der Waals surface area contributed by atoms with Gasteiger partial charge in [-0.25, -0.2) is 0 Å². The van der Waals surface area contributed by atoms with Gasteiger partial charge >= 0.3 is 5.97 Å². The lowest BCUT2D eigenvalue weighted by atomic mass is 10.1. The molecule has 0 bridgehead atoms. The molecule has 0 aliphatic rings. The molecule has 8 heteroatoms. The van der Waals surface area contributed by atoms with Gasteiger partial charge in [0, 0.05) is 30.7 Å². The van der Waals surface area contributed by atoms with Crippen molar-refractivity contribution in [2.45, 2.75) is 32.7 Å². The highest BCUT2D eigenvalue weighted by atomic mass is 16.5. The molecule has 2 aromatic rings. The first-order chi connectivity index (χ1) is 12.5. The van der Waals surface area contributed by atoms with Crippen LogP contribution in [0.25, 0.3) is 0 Å². The topological polar surface area (TPSA) is 111 Å². The van der Waals surface area contributed by atoms with E-state index < -0.39 is 5.97 Å². The standard InChI is InChI=1S/C18H21N3O5/c1-2-11-26-14-5-3-13(4-6-14)15(22)7-8-17(23)19-16-9-10-21(20-16)12-18(24)25/h3-6,9-10H,2,7-8,11-12H2,1H3,(H,24,25)(H,19,20,23). The maximum absolute atomic E-state index is 12.1. The van der Waals surface area contributed by atoms with Crippen LogP contribution >= 0.6 is 0 Å². The number of ether oxygens (including phenoxy) is 1. The molecule has 1 aromatic heterocycles. The number of nitrogens with zero attached hydrogens (tertiary/aromatic N) is 2. The average Bonchev–Trinajstić information content (AvgIpc) is 3.04. The Balaban J connectivity index is 1.80. The Labute approximate surface area is 150 Å². The molecule has 8 nitrogen and oxygen atoms in total. The van der Waals surface area contributed by atoms with Crippen LogP contribution < -0.4 is 10.1 Å². The molecule has 2 N–H and O–H groups in total. The maximum atomic E-state index is 12.1. The summed E-state index contributed by atoms with van der Waals surface area (Å²) in [6, 6.07) is 8.32. The summed E-state index contributed by atoms with van der Waals surface area (Å²) in [5, 5.41) is 15.1. The first-order valence-corrected chi connectivity index (χ1v) is 8.29. The van der Waals surface area contributed by atoms with Crippen molar-refractivity contribution in [3.63, 3.8) is 0 Å². The van der Waals surface area contributed by atoms with Crippen molar-refractivity contribution in [1.29, 1.82) is 0 Å². The molecule has 26 heavy (non-hydrogen) atoms. The molecule has 1 aromatic carbocycles. The number of nitrogens with one attached hydrogen (secondary N) is 1. The van der Waals surface area contributed by atoms with Crippen LogP contribution in [0, 0.1) is 0 Å². The van der Waals surface area contributed by atoms with E-state index in [0.29, 0.717) is 17.9 Å². The molecule has 0 unspecified atom stereocenters. The number of rotatable bonds is 10. The zero-order valence-electron chi connectivity index (χ0n) is 14.5. The lowest BCUT2D eigenvalue weighted by Gasteiger charge is -2.06. The minimum atomic E-state index is -1.03. The van der Waals surface area contributed by atoms with Gasteiger partial charge in [0.05, 0.1) is 6.61 Å². The fourth-order valence-corrected chi connectivity index (χ4v) is 2.19. The van der Waals surface area contributed by atoms with E-state index in [2.05, 4.69) is 10.4 Å². The molecule has 1 amide bonds. The van der Waals surface area contributed by atoms with Crippen LogP contribution in [-0.4, -0.2) is 39.2 Å². The van der Waals surface area contributed by atoms with E-state index in [9.17, 15) is 14.4 Å². The molecule has 0 saturated carbocycles. The summed E-state index contributed by atoms with van der Waals surface area (Å²) in [5.41, 5.74) is 0.521. The van der Waals surface area contributed by atoms with E-state index in [1.807, 2.05) is 6.92 Å². The lowest BCUT2D eigenvalue weighted by molar-refractivity contribution is -0.137. The van der Waals surface area contributed by atoms with Crippen molar-refractivity contribution < 1.29 is 24.2 Å². The van der Waals surface area contributed by atoms with Crippen molar-refractivity contribution in [2.24, 2.45) is 0 Å². The minimum Gasteiger partial charge on any atom is -0.494 e. The molecular weight excluding hydrogens is 338 g/mol. The number of hydrogen-bond donors (Lipinski definition) is 2. The summed E-state index contributed by atoms with van der Waals surface area (Å²) in [7, 11) is 0. The van der Waals surface area contributed by atoms with Crippen molar-refractivity contribution in [3.05, 3.63) is 42.1 Å². The largest absolute Gasteiger partial charge is 0.494 e. The third-order valence-corrected chi connectivity index (χ3v) is 3.43. The molecule has 0 radical (unpaired) electrons. The van der Waals surface area contributed by atoms with Gasteiger partial charge in [-0.15, -0.1) is 0 Å². The minimum absolute atomic E-state index is 0.0126. The Bertz CT molecular complexity index is 767. The number of carbonyl (C=O) groups excluding carboxylic acids is 2. The van der Waals surface area contributed by atoms with Crippen LogP contribution in [0.5, 0.6) is 5.75 Å². The Hall–Kier alpha value is -3.16. The Morgan fingerprint density at radius 3 is 2.54 bits per heavy atom. The number of hydrogen-bond acceptors (Lipinski definition) is 5. The predicted octanol–water partition coefficient (Wildman–Crippen LogP) is 2.36.